The number of rotatable bonds is 5. The van der Waals surface area contributed by atoms with Gasteiger partial charge in [0.15, 0.2) is 0 Å². The lowest BCUT2D eigenvalue weighted by Gasteiger charge is -2.23. The number of benzene rings is 1. The van der Waals surface area contributed by atoms with Crippen LogP contribution in [-0.4, -0.2) is 31.3 Å². The van der Waals surface area contributed by atoms with Gasteiger partial charge >= 0.3 is 0 Å². The number of nitrogens with one attached hydrogen (secondary N) is 2. The lowest BCUT2D eigenvalue weighted by atomic mass is 9.98. The Bertz CT molecular complexity index is 317. The highest BCUT2D eigenvalue weighted by molar-refractivity contribution is 5.44. The number of piperidine rings is 1. The molecule has 94 valence electrons. The molecular weight excluding hydrogens is 212 g/mol. The van der Waals surface area contributed by atoms with Gasteiger partial charge in [0.05, 0.1) is 0 Å². The number of aliphatic hydroxyl groups is 1. The second kappa shape index (κ2) is 6.62. The van der Waals surface area contributed by atoms with Gasteiger partial charge < -0.3 is 15.7 Å². The standard InChI is InChI=1S/C14H22N2O/c17-10-7-12-1-3-14(4-2-12)16-11-13-5-8-15-9-6-13/h1-4,13,15-17H,5-11H2. The number of aliphatic hydroxyl groups excluding tert-OH is 1. The molecule has 0 bridgehead atoms. The monoisotopic (exact) mass is 234 g/mol. The maximum atomic E-state index is 8.84. The fourth-order valence-electron chi connectivity index (χ4n) is 2.27. The zero-order valence-corrected chi connectivity index (χ0v) is 10.3. The topological polar surface area (TPSA) is 44.3 Å². The van der Waals surface area contributed by atoms with Crippen LogP contribution in [0, 0.1) is 5.92 Å². The Morgan fingerprint density at radius 1 is 1.18 bits per heavy atom. The van der Waals surface area contributed by atoms with E-state index in [1.165, 1.54) is 24.1 Å². The molecule has 1 heterocycles. The first kappa shape index (κ1) is 12.4. The Labute approximate surface area is 103 Å². The van der Waals surface area contributed by atoms with E-state index in [-0.39, 0.29) is 6.61 Å². The van der Waals surface area contributed by atoms with E-state index in [1.54, 1.807) is 0 Å². The van der Waals surface area contributed by atoms with E-state index in [0.717, 1.165) is 32.0 Å². The number of anilines is 1. The van der Waals surface area contributed by atoms with Crippen molar-refractivity contribution in [2.75, 3.05) is 31.6 Å². The quantitative estimate of drug-likeness (QED) is 0.725. The van der Waals surface area contributed by atoms with Crippen LogP contribution in [0.25, 0.3) is 0 Å². The third kappa shape index (κ3) is 4.02. The third-order valence-corrected chi connectivity index (χ3v) is 3.41. The molecule has 3 nitrogen and oxygen atoms in total. The Hall–Kier alpha value is -1.06. The minimum atomic E-state index is 0.224. The van der Waals surface area contributed by atoms with Crippen molar-refractivity contribution in [3.8, 4) is 0 Å². The molecule has 0 aliphatic carbocycles. The van der Waals surface area contributed by atoms with Gasteiger partial charge in [0.25, 0.3) is 0 Å². The summed E-state index contributed by atoms with van der Waals surface area (Å²) in [4.78, 5) is 0. The van der Waals surface area contributed by atoms with Gasteiger partial charge in [0.2, 0.25) is 0 Å². The summed E-state index contributed by atoms with van der Waals surface area (Å²) in [5, 5.41) is 15.7. The lowest BCUT2D eigenvalue weighted by Crippen LogP contribution is -2.31. The summed E-state index contributed by atoms with van der Waals surface area (Å²) in [7, 11) is 0. The Balaban J connectivity index is 1.77. The molecule has 1 saturated heterocycles. The molecule has 17 heavy (non-hydrogen) atoms. The van der Waals surface area contributed by atoms with Crippen LogP contribution in [0.1, 0.15) is 18.4 Å². The molecule has 1 aliphatic heterocycles. The first-order chi connectivity index (χ1) is 8.38. The fraction of sp³-hybridized carbons (Fsp3) is 0.571. The van der Waals surface area contributed by atoms with E-state index in [2.05, 4.69) is 34.9 Å². The summed E-state index contributed by atoms with van der Waals surface area (Å²) < 4.78 is 0. The first-order valence-corrected chi connectivity index (χ1v) is 6.53. The zero-order chi connectivity index (χ0) is 11.9. The summed E-state index contributed by atoms with van der Waals surface area (Å²) >= 11 is 0. The molecule has 1 aromatic carbocycles. The molecule has 0 amide bonds. The van der Waals surface area contributed by atoms with Crippen molar-refractivity contribution >= 4 is 5.69 Å². The van der Waals surface area contributed by atoms with Crippen LogP contribution in [0.4, 0.5) is 5.69 Å². The van der Waals surface area contributed by atoms with Crippen LogP contribution in [0.15, 0.2) is 24.3 Å². The fourth-order valence-corrected chi connectivity index (χ4v) is 2.27. The van der Waals surface area contributed by atoms with E-state index in [4.69, 9.17) is 5.11 Å². The van der Waals surface area contributed by atoms with E-state index < -0.39 is 0 Å². The molecule has 0 spiro atoms. The van der Waals surface area contributed by atoms with E-state index in [1.807, 2.05) is 0 Å². The highest BCUT2D eigenvalue weighted by Gasteiger charge is 2.12. The van der Waals surface area contributed by atoms with E-state index in [0.29, 0.717) is 0 Å². The Morgan fingerprint density at radius 2 is 1.88 bits per heavy atom. The van der Waals surface area contributed by atoms with Gasteiger partial charge in [-0.05, 0) is 56.0 Å². The van der Waals surface area contributed by atoms with Crippen LogP contribution >= 0.6 is 0 Å². The molecule has 0 atom stereocenters. The predicted molar refractivity (Wildman–Crippen MR) is 71.3 cm³/mol. The Morgan fingerprint density at radius 3 is 2.53 bits per heavy atom. The van der Waals surface area contributed by atoms with Crippen molar-refractivity contribution in [2.24, 2.45) is 5.92 Å². The average Bonchev–Trinajstić information content (AvgIpc) is 2.40. The highest BCUT2D eigenvalue weighted by Crippen LogP contribution is 2.14. The molecule has 0 radical (unpaired) electrons. The maximum Gasteiger partial charge on any atom is 0.0471 e. The van der Waals surface area contributed by atoms with Gasteiger partial charge in [-0.2, -0.15) is 0 Å². The SMILES string of the molecule is OCCc1ccc(NCC2CCNCC2)cc1. The van der Waals surface area contributed by atoms with Crippen molar-refractivity contribution in [3.63, 3.8) is 0 Å². The number of hydrogen-bond acceptors (Lipinski definition) is 3. The van der Waals surface area contributed by atoms with Crippen LogP contribution in [0.2, 0.25) is 0 Å². The summed E-state index contributed by atoms with van der Waals surface area (Å²) in [6.45, 7) is 3.60. The van der Waals surface area contributed by atoms with Crippen LogP contribution in [0.5, 0.6) is 0 Å². The van der Waals surface area contributed by atoms with Gasteiger partial charge in [0, 0.05) is 18.8 Å². The average molecular weight is 234 g/mol. The Kier molecular flexibility index (Phi) is 4.83. The summed E-state index contributed by atoms with van der Waals surface area (Å²) in [6.07, 6.45) is 3.29. The van der Waals surface area contributed by atoms with Gasteiger partial charge in [0.1, 0.15) is 0 Å². The summed E-state index contributed by atoms with van der Waals surface area (Å²) in [5.74, 6) is 0.799. The smallest absolute Gasteiger partial charge is 0.0471 e. The van der Waals surface area contributed by atoms with Crippen molar-refractivity contribution in [2.45, 2.75) is 19.3 Å². The second-order valence-electron chi connectivity index (χ2n) is 4.74. The second-order valence-corrected chi connectivity index (χ2v) is 4.74. The summed E-state index contributed by atoms with van der Waals surface area (Å²) in [5.41, 5.74) is 2.38. The van der Waals surface area contributed by atoms with Crippen molar-refractivity contribution in [3.05, 3.63) is 29.8 Å². The zero-order valence-electron chi connectivity index (χ0n) is 10.3. The van der Waals surface area contributed by atoms with Gasteiger partial charge in [-0.15, -0.1) is 0 Å². The first-order valence-electron chi connectivity index (χ1n) is 6.53. The van der Waals surface area contributed by atoms with Gasteiger partial charge in [-0.3, -0.25) is 0 Å². The van der Waals surface area contributed by atoms with Crippen LogP contribution in [-0.2, 0) is 6.42 Å². The largest absolute Gasteiger partial charge is 0.396 e. The minimum absolute atomic E-state index is 0.224. The molecule has 1 aromatic rings. The molecule has 0 saturated carbocycles. The van der Waals surface area contributed by atoms with Crippen LogP contribution in [0.3, 0.4) is 0 Å². The number of hydrogen-bond donors (Lipinski definition) is 3. The molecule has 2 rings (SSSR count). The van der Waals surface area contributed by atoms with E-state index in [9.17, 15) is 0 Å². The van der Waals surface area contributed by atoms with E-state index >= 15 is 0 Å². The molecule has 1 aliphatic rings. The molecule has 0 unspecified atom stereocenters. The van der Waals surface area contributed by atoms with Crippen molar-refractivity contribution in [1.29, 1.82) is 0 Å². The van der Waals surface area contributed by atoms with Crippen molar-refractivity contribution < 1.29 is 5.11 Å². The predicted octanol–water partition coefficient (Wildman–Crippen LogP) is 1.63. The lowest BCUT2D eigenvalue weighted by molar-refractivity contribution is 0.299. The molecule has 0 aromatic heterocycles. The van der Waals surface area contributed by atoms with Crippen LogP contribution < -0.4 is 10.6 Å². The molecule has 3 heteroatoms. The van der Waals surface area contributed by atoms with Gasteiger partial charge in [-0.25, -0.2) is 0 Å². The van der Waals surface area contributed by atoms with Gasteiger partial charge in [-0.1, -0.05) is 12.1 Å². The molecule has 1 fully saturated rings. The maximum absolute atomic E-state index is 8.84. The summed E-state index contributed by atoms with van der Waals surface area (Å²) in [6, 6.07) is 8.38. The molecular formula is C14H22N2O. The van der Waals surface area contributed by atoms with Crippen molar-refractivity contribution in [1.82, 2.24) is 5.32 Å². The normalized spacial score (nSPS) is 17.0. The highest BCUT2D eigenvalue weighted by atomic mass is 16.2. The third-order valence-electron chi connectivity index (χ3n) is 3.41. The minimum Gasteiger partial charge on any atom is -0.396 e. The molecule has 3 N–H and O–H groups in total.